The second-order valence-electron chi connectivity index (χ2n) is 7.53. The number of hydrogen-bond acceptors (Lipinski definition) is 8. The summed E-state index contributed by atoms with van der Waals surface area (Å²) in [5.74, 6) is -1.23. The number of alkyl halides is 1. The number of halogens is 1. The number of ether oxygens (including phenoxy) is 1. The number of carboxylic acid groups (broad SMARTS) is 1. The van der Waals surface area contributed by atoms with Crippen LogP contribution < -0.4 is 20.9 Å². The maximum atomic E-state index is 15.3. The van der Waals surface area contributed by atoms with E-state index in [0.29, 0.717) is 0 Å². The molecule has 1 aliphatic rings. The van der Waals surface area contributed by atoms with E-state index in [-0.39, 0.29) is 5.75 Å². The Morgan fingerprint density at radius 2 is 2.03 bits per heavy atom. The minimum atomic E-state index is -4.34. The smallest absolute Gasteiger partial charge is 0.459 e. The average molecular weight is 487 g/mol. The van der Waals surface area contributed by atoms with Gasteiger partial charge in [0.15, 0.2) is 11.9 Å². The number of carboxylic acids is 1. The van der Waals surface area contributed by atoms with Gasteiger partial charge in [0.2, 0.25) is 0 Å². The molecule has 1 aromatic carbocycles. The van der Waals surface area contributed by atoms with Crippen LogP contribution in [0.4, 0.5) is 4.39 Å². The van der Waals surface area contributed by atoms with Crippen molar-refractivity contribution in [3.05, 3.63) is 63.4 Å². The lowest BCUT2D eigenvalue weighted by molar-refractivity contribution is -0.138. The molecule has 1 fully saturated rings. The summed E-state index contributed by atoms with van der Waals surface area (Å²) in [5, 5.41) is 21.8. The number of carbonyl (C=O) groups is 1. The Morgan fingerprint density at radius 3 is 2.64 bits per heavy atom. The Hall–Kier alpha value is -2.83. The maximum Gasteiger partial charge on any atom is 0.459 e. The van der Waals surface area contributed by atoms with E-state index in [4.69, 9.17) is 18.9 Å². The van der Waals surface area contributed by atoms with E-state index >= 15 is 4.39 Å². The standard InChI is InChI=1S/C19H23FN3O9P/c1-11(16(26)27)22-33(29,32-12-6-4-3-5-7-12)30-10-13-15(25)19(2,20)17(31-13)23-9-8-14(24)21-18(23)28/h3-9,11,13,15,17,25H,10H2,1-2H3,(H,22,29)(H,26,27)(H,21,24,28)/t11?,13-,15-,17-,19-,33?/m1/s1. The number of H-pyrrole nitrogens is 1. The van der Waals surface area contributed by atoms with Crippen molar-refractivity contribution in [2.24, 2.45) is 0 Å². The second-order valence-corrected chi connectivity index (χ2v) is 9.22. The summed E-state index contributed by atoms with van der Waals surface area (Å²) in [6.07, 6.45) is -3.87. The quantitative estimate of drug-likeness (QED) is 0.371. The van der Waals surface area contributed by atoms with E-state index in [1.807, 2.05) is 4.98 Å². The van der Waals surface area contributed by atoms with Crippen molar-refractivity contribution in [3.8, 4) is 5.75 Å². The molecule has 3 rings (SSSR count). The average Bonchev–Trinajstić information content (AvgIpc) is 2.96. The van der Waals surface area contributed by atoms with Gasteiger partial charge in [-0.3, -0.25) is 23.7 Å². The highest BCUT2D eigenvalue weighted by atomic mass is 31.2. The summed E-state index contributed by atoms with van der Waals surface area (Å²) in [7, 11) is -4.34. The zero-order chi connectivity index (χ0) is 24.4. The van der Waals surface area contributed by atoms with Gasteiger partial charge in [-0.05, 0) is 26.0 Å². The van der Waals surface area contributed by atoms with Gasteiger partial charge in [0.25, 0.3) is 5.56 Å². The number of nitrogens with zero attached hydrogens (tertiary/aromatic N) is 1. The first kappa shape index (κ1) is 24.8. The van der Waals surface area contributed by atoms with Crippen molar-refractivity contribution in [3.63, 3.8) is 0 Å². The summed E-state index contributed by atoms with van der Waals surface area (Å²) in [4.78, 5) is 36.5. The molecular formula is C19H23FN3O9P. The molecule has 1 aromatic heterocycles. The topological polar surface area (TPSA) is 169 Å². The first-order chi connectivity index (χ1) is 15.4. The predicted octanol–water partition coefficient (Wildman–Crippen LogP) is 0.789. The lowest BCUT2D eigenvalue weighted by Gasteiger charge is -2.25. The highest BCUT2D eigenvalue weighted by Gasteiger charge is 2.55. The normalized spacial score (nSPS) is 27.6. The number of aliphatic carboxylic acids is 1. The van der Waals surface area contributed by atoms with Crippen molar-refractivity contribution in [1.82, 2.24) is 14.6 Å². The zero-order valence-electron chi connectivity index (χ0n) is 17.6. The largest absolute Gasteiger partial charge is 0.480 e. The Morgan fingerprint density at radius 1 is 1.36 bits per heavy atom. The van der Waals surface area contributed by atoms with Crippen LogP contribution in [-0.2, 0) is 18.6 Å². The number of aliphatic hydroxyl groups excluding tert-OH is 1. The maximum absolute atomic E-state index is 15.3. The van der Waals surface area contributed by atoms with Crippen LogP contribution in [0.5, 0.6) is 5.75 Å². The fourth-order valence-electron chi connectivity index (χ4n) is 3.14. The highest BCUT2D eigenvalue weighted by Crippen LogP contribution is 2.47. The number of aromatic amines is 1. The zero-order valence-corrected chi connectivity index (χ0v) is 18.5. The number of para-hydroxylation sites is 1. The van der Waals surface area contributed by atoms with E-state index in [0.717, 1.165) is 23.8 Å². The molecule has 1 aliphatic heterocycles. The number of aliphatic hydroxyl groups is 1. The summed E-state index contributed by atoms with van der Waals surface area (Å²) < 4.78 is 45.4. The SMILES string of the molecule is CC(NP(=O)(OC[C@H]1O[C@@H](n2ccc(=O)[nH]c2=O)[C@](C)(F)[C@@H]1O)Oc1ccccc1)C(=O)O. The van der Waals surface area contributed by atoms with Crippen LogP contribution >= 0.6 is 7.75 Å². The number of hydrogen-bond donors (Lipinski definition) is 4. The Kier molecular flexibility index (Phi) is 7.20. The number of nitrogens with one attached hydrogen (secondary N) is 2. The van der Waals surface area contributed by atoms with Crippen molar-refractivity contribution in [1.29, 1.82) is 0 Å². The molecule has 0 aliphatic carbocycles. The molecule has 2 unspecified atom stereocenters. The van der Waals surface area contributed by atoms with Gasteiger partial charge in [0.1, 0.15) is 24.0 Å². The minimum Gasteiger partial charge on any atom is -0.480 e. The van der Waals surface area contributed by atoms with Crippen LogP contribution in [-0.4, -0.2) is 56.3 Å². The van der Waals surface area contributed by atoms with Gasteiger partial charge in [-0.25, -0.2) is 13.8 Å². The van der Waals surface area contributed by atoms with Gasteiger partial charge < -0.3 is 19.5 Å². The fraction of sp³-hybridized carbons (Fsp3) is 0.421. The number of rotatable bonds is 9. The molecule has 0 spiro atoms. The fourth-order valence-corrected chi connectivity index (χ4v) is 4.64. The van der Waals surface area contributed by atoms with Gasteiger partial charge in [-0.2, -0.15) is 5.09 Å². The lowest BCUT2D eigenvalue weighted by atomic mass is 9.98. The third-order valence-corrected chi connectivity index (χ3v) is 6.56. The molecule has 180 valence electrons. The van der Waals surface area contributed by atoms with Gasteiger partial charge in [-0.1, -0.05) is 18.2 Å². The molecule has 0 saturated carbocycles. The van der Waals surface area contributed by atoms with Crippen LogP contribution in [0.15, 0.2) is 52.2 Å². The lowest BCUT2D eigenvalue weighted by Crippen LogP contribution is -2.43. The van der Waals surface area contributed by atoms with E-state index < -0.39 is 61.7 Å². The first-order valence-corrected chi connectivity index (χ1v) is 11.3. The van der Waals surface area contributed by atoms with Crippen LogP contribution in [0.25, 0.3) is 0 Å². The van der Waals surface area contributed by atoms with Crippen LogP contribution in [0.2, 0.25) is 0 Å². The molecule has 0 amide bonds. The monoisotopic (exact) mass is 487 g/mol. The molecule has 2 aromatic rings. The number of aromatic nitrogens is 2. The Bertz CT molecular complexity index is 1150. The molecule has 4 N–H and O–H groups in total. The third kappa shape index (κ3) is 5.57. The molecule has 12 nitrogen and oxygen atoms in total. The molecular weight excluding hydrogens is 464 g/mol. The van der Waals surface area contributed by atoms with Crippen LogP contribution in [0.1, 0.15) is 20.1 Å². The van der Waals surface area contributed by atoms with Crippen LogP contribution in [0.3, 0.4) is 0 Å². The van der Waals surface area contributed by atoms with E-state index in [9.17, 15) is 24.1 Å². The van der Waals surface area contributed by atoms with Crippen LogP contribution in [0, 0.1) is 0 Å². The van der Waals surface area contributed by atoms with Crippen molar-refractivity contribution in [2.75, 3.05) is 6.61 Å². The minimum absolute atomic E-state index is 0.104. The third-order valence-electron chi connectivity index (χ3n) is 4.92. The Labute approximate surface area is 186 Å². The summed E-state index contributed by atoms with van der Waals surface area (Å²) in [5.41, 5.74) is -4.16. The first-order valence-electron chi connectivity index (χ1n) is 9.77. The van der Waals surface area contributed by atoms with Crippen molar-refractivity contribution < 1.29 is 37.7 Å². The molecule has 0 bridgehead atoms. The molecule has 0 radical (unpaired) electrons. The molecule has 33 heavy (non-hydrogen) atoms. The van der Waals surface area contributed by atoms with Gasteiger partial charge in [-0.15, -0.1) is 0 Å². The van der Waals surface area contributed by atoms with Crippen molar-refractivity contribution in [2.45, 2.75) is 44.0 Å². The summed E-state index contributed by atoms with van der Waals surface area (Å²) in [6, 6.07) is 7.41. The molecule has 14 heteroatoms. The van der Waals surface area contributed by atoms with E-state index in [1.54, 1.807) is 18.2 Å². The highest BCUT2D eigenvalue weighted by molar-refractivity contribution is 7.52. The summed E-state index contributed by atoms with van der Waals surface area (Å²) in [6.45, 7) is 1.52. The van der Waals surface area contributed by atoms with Gasteiger partial charge >= 0.3 is 19.4 Å². The molecule has 1 saturated heterocycles. The second kappa shape index (κ2) is 9.57. The molecule has 2 heterocycles. The van der Waals surface area contributed by atoms with Crippen molar-refractivity contribution >= 4 is 13.7 Å². The molecule has 6 atom stereocenters. The number of benzene rings is 1. The predicted molar refractivity (Wildman–Crippen MR) is 112 cm³/mol. The van der Waals surface area contributed by atoms with E-state index in [1.165, 1.54) is 19.1 Å². The Balaban J connectivity index is 1.80. The van der Waals surface area contributed by atoms with Gasteiger partial charge in [0, 0.05) is 12.3 Å². The van der Waals surface area contributed by atoms with Gasteiger partial charge in [0.05, 0.1) is 6.61 Å². The summed E-state index contributed by atoms with van der Waals surface area (Å²) >= 11 is 0. The van der Waals surface area contributed by atoms with E-state index in [2.05, 4.69) is 5.09 Å².